The van der Waals surface area contributed by atoms with E-state index in [1.165, 1.54) is 71.2 Å². The molecule has 57 heavy (non-hydrogen) atoms. The molecule has 0 N–H and O–H groups in total. The van der Waals surface area contributed by atoms with Crippen LogP contribution in [0.5, 0.6) is 0 Å². The van der Waals surface area contributed by atoms with Crippen molar-refractivity contribution in [1.82, 2.24) is 19.5 Å². The van der Waals surface area contributed by atoms with E-state index in [-0.39, 0.29) is 0 Å². The van der Waals surface area contributed by atoms with Gasteiger partial charge in [0.2, 0.25) is 5.95 Å². The van der Waals surface area contributed by atoms with E-state index >= 15 is 0 Å². The van der Waals surface area contributed by atoms with Gasteiger partial charge in [0, 0.05) is 21.9 Å². The Morgan fingerprint density at radius 1 is 0.421 bits per heavy atom. The lowest BCUT2D eigenvalue weighted by molar-refractivity contribution is 0.937. The van der Waals surface area contributed by atoms with Gasteiger partial charge in [0.05, 0.1) is 11.0 Å². The number of aromatic nitrogens is 4. The Balaban J connectivity index is 1.25. The van der Waals surface area contributed by atoms with E-state index in [0.717, 1.165) is 51.0 Å². The van der Waals surface area contributed by atoms with Crippen molar-refractivity contribution >= 4 is 71.0 Å². The summed E-state index contributed by atoms with van der Waals surface area (Å²) in [5.74, 6) is 1.93. The third-order valence-corrected chi connectivity index (χ3v) is 12.4. The molecule has 0 spiro atoms. The minimum atomic E-state index is 0.622. The largest absolute Gasteiger partial charge is 0.277 e. The van der Waals surface area contributed by atoms with Crippen LogP contribution in [0, 0.1) is 0 Å². The Morgan fingerprint density at radius 2 is 0.965 bits per heavy atom. The van der Waals surface area contributed by atoms with Crippen LogP contribution in [0.3, 0.4) is 0 Å². The van der Waals surface area contributed by atoms with Gasteiger partial charge in [-0.1, -0.05) is 164 Å². The Hall–Kier alpha value is -7.43. The Kier molecular flexibility index (Phi) is 6.25. The lowest BCUT2D eigenvalue weighted by Crippen LogP contribution is -2.09. The summed E-state index contributed by atoms with van der Waals surface area (Å²) in [6.07, 6.45) is 6.56. The first-order valence-electron chi connectivity index (χ1n) is 19.8. The maximum absolute atomic E-state index is 5.55. The van der Waals surface area contributed by atoms with Gasteiger partial charge in [0.25, 0.3) is 0 Å². The predicted octanol–water partition coefficient (Wildman–Crippen LogP) is 13.5. The second-order valence-corrected chi connectivity index (χ2v) is 15.4. The molecule has 0 saturated heterocycles. The van der Waals surface area contributed by atoms with Crippen LogP contribution in [0.2, 0.25) is 0 Å². The first-order chi connectivity index (χ1) is 28.3. The molecule has 0 fully saturated rings. The number of allylic oxidation sites excluding steroid dienone is 1. The van der Waals surface area contributed by atoms with Crippen molar-refractivity contribution in [3.8, 4) is 51.0 Å². The summed E-state index contributed by atoms with van der Waals surface area (Å²) in [5.41, 5.74) is 12.0. The molecule has 0 aliphatic heterocycles. The molecule has 2 heterocycles. The average molecular weight is 725 g/mol. The van der Waals surface area contributed by atoms with Crippen LogP contribution < -0.4 is 0 Å². The standard InChI is InChI=1S/C53H32N4/c1-3-18-33-31(14-1)16-11-27-42(33)51-54-52(43-28-12-17-32-15-2-4-19-34(32)43)56-53(55-51)57-46-30-45-38-23-6-5-21-36(38)39-26-13-29-44(47(39)45)48(46)49-40-24-9-7-20-35(40)37-22-8-10-25-41(37)50(49)57/h1-9,11-24,26-30H,10,25H2. The molecular formula is C53H32N4. The topological polar surface area (TPSA) is 43.6 Å². The van der Waals surface area contributed by atoms with Crippen LogP contribution in [0.4, 0.5) is 0 Å². The van der Waals surface area contributed by atoms with Gasteiger partial charge in [-0.3, -0.25) is 4.57 Å². The van der Waals surface area contributed by atoms with E-state index < -0.39 is 0 Å². The molecule has 0 radical (unpaired) electrons. The molecule has 4 heteroatoms. The van der Waals surface area contributed by atoms with Crippen LogP contribution in [-0.2, 0) is 6.42 Å². The zero-order valence-electron chi connectivity index (χ0n) is 30.9. The van der Waals surface area contributed by atoms with Gasteiger partial charge in [-0.2, -0.15) is 9.97 Å². The summed E-state index contributed by atoms with van der Waals surface area (Å²) in [7, 11) is 0. The van der Waals surface area contributed by atoms with Crippen molar-refractivity contribution in [3.63, 3.8) is 0 Å². The highest BCUT2D eigenvalue weighted by atomic mass is 15.2. The number of hydrogen-bond acceptors (Lipinski definition) is 3. The van der Waals surface area contributed by atoms with Crippen molar-refractivity contribution in [2.45, 2.75) is 12.8 Å². The molecule has 0 unspecified atom stereocenters. The van der Waals surface area contributed by atoms with Gasteiger partial charge in [0.1, 0.15) is 0 Å². The Bertz CT molecular complexity index is 3480. The predicted molar refractivity (Wildman–Crippen MR) is 237 cm³/mol. The van der Waals surface area contributed by atoms with Crippen LogP contribution >= 0.6 is 0 Å². The number of benzene rings is 9. The fourth-order valence-corrected chi connectivity index (χ4v) is 10.0. The fraction of sp³-hybridized carbons (Fsp3) is 0.0377. The zero-order valence-corrected chi connectivity index (χ0v) is 30.9. The Morgan fingerprint density at radius 3 is 1.68 bits per heavy atom. The van der Waals surface area contributed by atoms with Crippen LogP contribution in [0.15, 0.2) is 164 Å². The minimum Gasteiger partial charge on any atom is -0.277 e. The van der Waals surface area contributed by atoms with E-state index in [2.05, 4.69) is 174 Å². The van der Waals surface area contributed by atoms with Gasteiger partial charge in [-0.05, 0) is 95.4 Å². The number of fused-ring (bicyclic) bond motifs is 14. The third-order valence-electron chi connectivity index (χ3n) is 12.4. The van der Waals surface area contributed by atoms with E-state index in [0.29, 0.717) is 17.6 Å². The summed E-state index contributed by atoms with van der Waals surface area (Å²) in [4.78, 5) is 16.4. The highest BCUT2D eigenvalue weighted by Gasteiger charge is 2.30. The molecule has 0 atom stereocenters. The zero-order chi connectivity index (χ0) is 37.2. The molecule has 2 aliphatic rings. The molecule has 11 aromatic rings. The van der Waals surface area contributed by atoms with E-state index in [9.17, 15) is 0 Å². The summed E-state index contributed by atoms with van der Waals surface area (Å²) >= 11 is 0. The SMILES string of the molecule is C1=Cc2c(c3c(c4ccccc24)c2c4cccc5c4c(cc2n3-c2nc(-c3cccc4ccccc34)nc(-c3cccc4ccccc34)n2)-c2ccccc2-5)CC1. The fourth-order valence-electron chi connectivity index (χ4n) is 10.0. The summed E-state index contributed by atoms with van der Waals surface area (Å²) in [6.45, 7) is 0. The lowest BCUT2D eigenvalue weighted by atomic mass is 9.88. The van der Waals surface area contributed by atoms with Crippen molar-refractivity contribution in [2.24, 2.45) is 0 Å². The minimum absolute atomic E-state index is 0.622. The molecule has 0 amide bonds. The molecule has 0 saturated carbocycles. The van der Waals surface area contributed by atoms with Gasteiger partial charge in [-0.15, -0.1) is 0 Å². The highest BCUT2D eigenvalue weighted by Crippen LogP contribution is 2.53. The first-order valence-corrected chi connectivity index (χ1v) is 19.8. The van der Waals surface area contributed by atoms with Crippen molar-refractivity contribution in [3.05, 3.63) is 175 Å². The highest BCUT2D eigenvalue weighted by molar-refractivity contribution is 6.34. The van der Waals surface area contributed by atoms with Crippen LogP contribution in [0.25, 0.3) is 122 Å². The van der Waals surface area contributed by atoms with Crippen molar-refractivity contribution in [1.29, 1.82) is 0 Å². The van der Waals surface area contributed by atoms with E-state index in [1.54, 1.807) is 0 Å². The summed E-state index contributed by atoms with van der Waals surface area (Å²) in [6, 6.07) is 56.9. The maximum Gasteiger partial charge on any atom is 0.238 e. The lowest BCUT2D eigenvalue weighted by Gasteiger charge is -2.18. The second kappa shape index (κ2) is 11.5. The molecule has 13 rings (SSSR count). The van der Waals surface area contributed by atoms with Crippen LogP contribution in [0.1, 0.15) is 17.5 Å². The third kappa shape index (κ3) is 4.24. The van der Waals surface area contributed by atoms with Gasteiger partial charge in [0.15, 0.2) is 11.6 Å². The van der Waals surface area contributed by atoms with Crippen molar-refractivity contribution < 1.29 is 0 Å². The van der Waals surface area contributed by atoms with Crippen molar-refractivity contribution in [2.75, 3.05) is 0 Å². The molecule has 0 bridgehead atoms. The number of rotatable bonds is 3. The molecular weight excluding hydrogens is 693 g/mol. The maximum atomic E-state index is 5.55. The summed E-state index contributed by atoms with van der Waals surface area (Å²) < 4.78 is 2.39. The molecule has 4 nitrogen and oxygen atoms in total. The molecule has 264 valence electrons. The molecule has 2 aromatic heterocycles. The molecule has 9 aromatic carbocycles. The van der Waals surface area contributed by atoms with Gasteiger partial charge in [-0.25, -0.2) is 4.98 Å². The number of hydrogen-bond donors (Lipinski definition) is 0. The van der Waals surface area contributed by atoms with Gasteiger partial charge < -0.3 is 0 Å². The van der Waals surface area contributed by atoms with E-state index in [1.807, 2.05) is 0 Å². The monoisotopic (exact) mass is 724 g/mol. The average Bonchev–Trinajstić information content (AvgIpc) is 3.80. The Labute approximate surface area is 328 Å². The quantitative estimate of drug-likeness (QED) is 0.182. The van der Waals surface area contributed by atoms with E-state index in [4.69, 9.17) is 15.0 Å². The smallest absolute Gasteiger partial charge is 0.238 e. The summed E-state index contributed by atoms with van der Waals surface area (Å²) in [5, 5.41) is 12.1. The normalized spacial score (nSPS) is 13.1. The van der Waals surface area contributed by atoms with Crippen LogP contribution in [-0.4, -0.2) is 19.5 Å². The first kappa shape index (κ1) is 30.8. The molecule has 2 aliphatic carbocycles. The second-order valence-electron chi connectivity index (χ2n) is 15.4. The van der Waals surface area contributed by atoms with Gasteiger partial charge >= 0.3 is 0 Å². The number of aryl methyl sites for hydroxylation is 1. The number of nitrogens with zero attached hydrogens (tertiary/aromatic N) is 4.